The lowest BCUT2D eigenvalue weighted by Crippen LogP contribution is -2.22. The van der Waals surface area contributed by atoms with Crippen LogP contribution in [0.4, 0.5) is 14.5 Å². The Kier molecular flexibility index (Phi) is 5.68. The number of rotatable bonds is 5. The molecular weight excluding hydrogens is 306 g/mol. The van der Waals surface area contributed by atoms with Crippen LogP contribution in [-0.2, 0) is 4.79 Å². The molecule has 0 aliphatic carbocycles. The van der Waals surface area contributed by atoms with Crippen LogP contribution in [0, 0.1) is 17.6 Å². The fraction of sp³-hybridized carbons (Fsp3) is 0.417. The molecule has 18 heavy (non-hydrogen) atoms. The Bertz CT molecular complexity index is 413. The van der Waals surface area contributed by atoms with Gasteiger partial charge >= 0.3 is 0 Å². The summed E-state index contributed by atoms with van der Waals surface area (Å²) in [6, 6.07) is 1.82. The maximum Gasteiger partial charge on any atom is 0.224 e. The summed E-state index contributed by atoms with van der Waals surface area (Å²) in [6.07, 6.45) is 0.993. The minimum Gasteiger partial charge on any atom is -0.330 e. The van der Waals surface area contributed by atoms with E-state index >= 15 is 0 Å². The quantitative estimate of drug-likeness (QED) is 0.876. The van der Waals surface area contributed by atoms with Gasteiger partial charge in [-0.15, -0.1) is 0 Å². The summed E-state index contributed by atoms with van der Waals surface area (Å²) < 4.78 is 26.5. The van der Waals surface area contributed by atoms with Crippen LogP contribution < -0.4 is 11.1 Å². The highest BCUT2D eigenvalue weighted by atomic mass is 79.9. The molecule has 1 amide bonds. The molecule has 1 atom stereocenters. The molecule has 1 unspecified atom stereocenters. The Morgan fingerprint density at radius 1 is 1.50 bits per heavy atom. The average molecular weight is 321 g/mol. The molecule has 0 heterocycles. The Morgan fingerprint density at radius 3 is 2.67 bits per heavy atom. The van der Waals surface area contributed by atoms with Crippen molar-refractivity contribution in [2.24, 2.45) is 11.7 Å². The molecule has 0 radical (unpaired) electrons. The van der Waals surface area contributed by atoms with Crippen LogP contribution in [0.3, 0.4) is 0 Å². The van der Waals surface area contributed by atoms with Gasteiger partial charge in [0.05, 0.1) is 5.69 Å². The van der Waals surface area contributed by atoms with Crippen molar-refractivity contribution in [2.75, 3.05) is 11.9 Å². The second kappa shape index (κ2) is 6.80. The number of nitrogens with one attached hydrogen (secondary N) is 1. The number of benzene rings is 1. The number of carbonyl (C=O) groups is 1. The summed E-state index contributed by atoms with van der Waals surface area (Å²) in [4.78, 5) is 11.7. The molecule has 6 heteroatoms. The lowest BCUT2D eigenvalue weighted by atomic mass is 10.0. The molecule has 0 aromatic heterocycles. The van der Waals surface area contributed by atoms with Crippen LogP contribution >= 0.6 is 15.9 Å². The predicted molar refractivity (Wildman–Crippen MR) is 70.1 cm³/mol. The van der Waals surface area contributed by atoms with Crippen molar-refractivity contribution >= 4 is 27.5 Å². The maximum atomic E-state index is 13.5. The Balaban J connectivity index is 2.76. The van der Waals surface area contributed by atoms with Gasteiger partial charge in [-0.1, -0.05) is 13.3 Å². The second-order valence-electron chi connectivity index (χ2n) is 4.01. The maximum absolute atomic E-state index is 13.5. The third kappa shape index (κ3) is 4.03. The zero-order valence-corrected chi connectivity index (χ0v) is 11.6. The van der Waals surface area contributed by atoms with Crippen molar-refractivity contribution in [1.82, 2.24) is 0 Å². The zero-order valence-electron chi connectivity index (χ0n) is 9.97. The summed E-state index contributed by atoms with van der Waals surface area (Å²) >= 11 is 3.01. The van der Waals surface area contributed by atoms with Crippen LogP contribution in [0.2, 0.25) is 0 Å². The summed E-state index contributed by atoms with van der Waals surface area (Å²) in [5.41, 5.74) is 5.44. The topological polar surface area (TPSA) is 55.1 Å². The number of amides is 1. The van der Waals surface area contributed by atoms with E-state index in [9.17, 15) is 13.6 Å². The normalized spacial score (nSPS) is 12.3. The smallest absolute Gasteiger partial charge is 0.224 e. The van der Waals surface area contributed by atoms with E-state index in [4.69, 9.17) is 5.73 Å². The van der Waals surface area contributed by atoms with E-state index < -0.39 is 11.6 Å². The van der Waals surface area contributed by atoms with E-state index in [-0.39, 0.29) is 28.4 Å². The first-order valence-corrected chi connectivity index (χ1v) is 6.41. The molecule has 0 saturated heterocycles. The van der Waals surface area contributed by atoms with Gasteiger partial charge in [-0.3, -0.25) is 4.79 Å². The molecule has 100 valence electrons. The van der Waals surface area contributed by atoms with E-state index in [1.165, 1.54) is 0 Å². The van der Waals surface area contributed by atoms with Crippen molar-refractivity contribution in [1.29, 1.82) is 0 Å². The van der Waals surface area contributed by atoms with E-state index in [1.807, 2.05) is 6.92 Å². The standard InChI is InChI=1S/C12H15BrF2N2O/c1-2-7(6-16)3-11(18)17-12-9(13)4-8(14)5-10(12)15/h4-5,7H,2-3,6,16H2,1H3,(H,17,18). The fourth-order valence-electron chi connectivity index (χ4n) is 1.51. The third-order valence-corrected chi connectivity index (χ3v) is 3.28. The Morgan fingerprint density at radius 2 is 2.17 bits per heavy atom. The number of carbonyl (C=O) groups excluding carboxylic acids is 1. The van der Waals surface area contributed by atoms with Crippen LogP contribution in [0.5, 0.6) is 0 Å². The highest BCUT2D eigenvalue weighted by Crippen LogP contribution is 2.27. The number of hydrogen-bond donors (Lipinski definition) is 2. The molecule has 0 aliphatic heterocycles. The lowest BCUT2D eigenvalue weighted by Gasteiger charge is -2.13. The Labute approximate surface area is 113 Å². The molecule has 0 spiro atoms. The van der Waals surface area contributed by atoms with Gasteiger partial charge in [0.15, 0.2) is 5.82 Å². The first-order chi connectivity index (χ1) is 8.47. The first-order valence-electron chi connectivity index (χ1n) is 5.62. The minimum atomic E-state index is -0.809. The van der Waals surface area contributed by atoms with Crippen LogP contribution in [0.25, 0.3) is 0 Å². The van der Waals surface area contributed by atoms with Gasteiger partial charge in [-0.05, 0) is 34.5 Å². The molecule has 3 nitrogen and oxygen atoms in total. The molecule has 0 fully saturated rings. The summed E-state index contributed by atoms with van der Waals surface area (Å²) in [6.45, 7) is 2.33. The van der Waals surface area contributed by atoms with Gasteiger partial charge < -0.3 is 11.1 Å². The number of halogens is 3. The fourth-order valence-corrected chi connectivity index (χ4v) is 2.02. The average Bonchev–Trinajstić information content (AvgIpc) is 2.30. The molecule has 3 N–H and O–H groups in total. The Hall–Kier alpha value is -1.01. The summed E-state index contributed by atoms with van der Waals surface area (Å²) in [7, 11) is 0. The molecular formula is C12H15BrF2N2O. The number of anilines is 1. The van der Waals surface area contributed by atoms with E-state index in [0.29, 0.717) is 6.54 Å². The second-order valence-corrected chi connectivity index (χ2v) is 4.86. The number of hydrogen-bond acceptors (Lipinski definition) is 2. The molecule has 1 aromatic rings. The first kappa shape index (κ1) is 15.0. The van der Waals surface area contributed by atoms with Crippen molar-refractivity contribution in [3.8, 4) is 0 Å². The molecule has 1 aromatic carbocycles. The van der Waals surface area contributed by atoms with Crippen molar-refractivity contribution in [3.63, 3.8) is 0 Å². The van der Waals surface area contributed by atoms with Crippen molar-refractivity contribution in [2.45, 2.75) is 19.8 Å². The van der Waals surface area contributed by atoms with Gasteiger partial charge in [0.1, 0.15) is 5.82 Å². The van der Waals surface area contributed by atoms with Gasteiger partial charge in [0.25, 0.3) is 0 Å². The van der Waals surface area contributed by atoms with Gasteiger partial charge in [-0.25, -0.2) is 8.78 Å². The predicted octanol–water partition coefficient (Wildman–Crippen LogP) is 3.04. The SMILES string of the molecule is CCC(CN)CC(=O)Nc1c(F)cc(F)cc1Br. The minimum absolute atomic E-state index is 0.0479. The lowest BCUT2D eigenvalue weighted by molar-refractivity contribution is -0.117. The van der Waals surface area contributed by atoms with E-state index in [2.05, 4.69) is 21.2 Å². The molecule has 0 saturated carbocycles. The monoisotopic (exact) mass is 320 g/mol. The highest BCUT2D eigenvalue weighted by Gasteiger charge is 2.15. The van der Waals surface area contributed by atoms with E-state index in [0.717, 1.165) is 18.6 Å². The number of nitrogens with two attached hydrogens (primary N) is 1. The van der Waals surface area contributed by atoms with Crippen LogP contribution in [-0.4, -0.2) is 12.5 Å². The van der Waals surface area contributed by atoms with Crippen molar-refractivity contribution in [3.05, 3.63) is 28.2 Å². The van der Waals surface area contributed by atoms with Crippen LogP contribution in [0.1, 0.15) is 19.8 Å². The summed E-state index contributed by atoms with van der Waals surface area (Å²) in [5, 5.41) is 2.42. The van der Waals surface area contributed by atoms with Gasteiger partial charge in [0, 0.05) is 17.0 Å². The van der Waals surface area contributed by atoms with E-state index in [1.54, 1.807) is 0 Å². The molecule has 0 aliphatic rings. The third-order valence-electron chi connectivity index (χ3n) is 2.66. The zero-order chi connectivity index (χ0) is 13.7. The van der Waals surface area contributed by atoms with Gasteiger partial charge in [-0.2, -0.15) is 0 Å². The van der Waals surface area contributed by atoms with Crippen molar-refractivity contribution < 1.29 is 13.6 Å². The molecule has 0 bridgehead atoms. The van der Waals surface area contributed by atoms with Gasteiger partial charge in [0.2, 0.25) is 5.91 Å². The largest absolute Gasteiger partial charge is 0.330 e. The summed E-state index contributed by atoms with van der Waals surface area (Å²) in [5.74, 6) is -1.78. The highest BCUT2D eigenvalue weighted by molar-refractivity contribution is 9.10. The van der Waals surface area contributed by atoms with Crippen LogP contribution in [0.15, 0.2) is 16.6 Å². The molecule has 1 rings (SSSR count).